The summed E-state index contributed by atoms with van der Waals surface area (Å²) in [6, 6.07) is 1.09. The zero-order chi connectivity index (χ0) is 14.6. The van der Waals surface area contributed by atoms with Crippen molar-refractivity contribution in [3.63, 3.8) is 0 Å². The minimum Gasteiger partial charge on any atom is -0.477 e. The standard InChI is InChI=1S/C10H14N2O5S2/c1-6(2)12-8(13)5-11-19(16,17)7-3-4-18-9(7)10(14)15/h3-4,6,11H,5H2,1-2H3,(H,12,13)(H,14,15). The third-order valence-electron chi connectivity index (χ3n) is 1.99. The first-order valence-electron chi connectivity index (χ1n) is 5.34. The molecule has 0 fully saturated rings. The average molecular weight is 306 g/mol. The van der Waals surface area contributed by atoms with Crippen molar-refractivity contribution in [2.45, 2.75) is 24.8 Å². The second-order valence-corrected chi connectivity index (χ2v) is 6.62. The maximum atomic E-state index is 11.9. The first kappa shape index (κ1) is 15.6. The smallest absolute Gasteiger partial charge is 0.347 e. The van der Waals surface area contributed by atoms with E-state index in [1.165, 1.54) is 11.4 Å². The van der Waals surface area contributed by atoms with Crippen molar-refractivity contribution in [2.24, 2.45) is 0 Å². The van der Waals surface area contributed by atoms with Crippen molar-refractivity contribution < 1.29 is 23.1 Å². The summed E-state index contributed by atoms with van der Waals surface area (Å²) in [4.78, 5) is 21.6. The van der Waals surface area contributed by atoms with Crippen LogP contribution in [-0.4, -0.2) is 38.0 Å². The lowest BCUT2D eigenvalue weighted by atomic mass is 10.4. The Bertz CT molecular complexity index is 576. The summed E-state index contributed by atoms with van der Waals surface area (Å²) in [5.41, 5.74) is 0. The van der Waals surface area contributed by atoms with Crippen molar-refractivity contribution in [3.05, 3.63) is 16.3 Å². The van der Waals surface area contributed by atoms with Crippen LogP contribution in [0.25, 0.3) is 0 Å². The van der Waals surface area contributed by atoms with Gasteiger partial charge in [0.05, 0.1) is 6.54 Å². The molecule has 3 N–H and O–H groups in total. The lowest BCUT2D eigenvalue weighted by molar-refractivity contribution is -0.120. The number of sulfonamides is 1. The van der Waals surface area contributed by atoms with Gasteiger partial charge in [0.15, 0.2) is 0 Å². The topological polar surface area (TPSA) is 113 Å². The Hall–Kier alpha value is -1.45. The second kappa shape index (κ2) is 6.13. The lowest BCUT2D eigenvalue weighted by Gasteiger charge is -2.09. The minimum atomic E-state index is -4.00. The Kier molecular flexibility index (Phi) is 5.04. The van der Waals surface area contributed by atoms with Gasteiger partial charge < -0.3 is 10.4 Å². The van der Waals surface area contributed by atoms with Crippen LogP contribution < -0.4 is 10.0 Å². The highest BCUT2D eigenvalue weighted by Gasteiger charge is 2.24. The molecule has 1 aromatic heterocycles. The molecule has 0 atom stereocenters. The van der Waals surface area contributed by atoms with E-state index in [0.29, 0.717) is 0 Å². The molecule has 9 heteroatoms. The van der Waals surface area contributed by atoms with Crippen LogP contribution in [0.5, 0.6) is 0 Å². The van der Waals surface area contributed by atoms with E-state index in [-0.39, 0.29) is 15.8 Å². The van der Waals surface area contributed by atoms with E-state index in [2.05, 4.69) is 10.0 Å². The normalized spacial score (nSPS) is 11.5. The molecule has 1 heterocycles. The molecule has 0 radical (unpaired) electrons. The fraction of sp³-hybridized carbons (Fsp3) is 0.400. The van der Waals surface area contributed by atoms with Crippen LogP contribution in [0.3, 0.4) is 0 Å². The zero-order valence-electron chi connectivity index (χ0n) is 10.3. The fourth-order valence-corrected chi connectivity index (χ4v) is 3.52. The maximum absolute atomic E-state index is 11.9. The molecule has 0 aromatic carbocycles. The number of hydrogen-bond acceptors (Lipinski definition) is 5. The molecule has 0 spiro atoms. The van der Waals surface area contributed by atoms with Crippen LogP contribution in [0.2, 0.25) is 0 Å². The van der Waals surface area contributed by atoms with E-state index in [1.54, 1.807) is 13.8 Å². The molecule has 0 saturated carbocycles. The monoisotopic (exact) mass is 306 g/mol. The van der Waals surface area contributed by atoms with E-state index in [4.69, 9.17) is 5.11 Å². The van der Waals surface area contributed by atoms with Gasteiger partial charge >= 0.3 is 5.97 Å². The van der Waals surface area contributed by atoms with E-state index >= 15 is 0 Å². The van der Waals surface area contributed by atoms with Crippen LogP contribution in [0, 0.1) is 0 Å². The molecule has 0 aliphatic carbocycles. The summed E-state index contributed by atoms with van der Waals surface area (Å²) >= 11 is 0.810. The molecule has 0 aliphatic rings. The third kappa shape index (κ3) is 4.30. The van der Waals surface area contributed by atoms with Crippen LogP contribution in [0.1, 0.15) is 23.5 Å². The summed E-state index contributed by atoms with van der Waals surface area (Å²) in [5, 5.41) is 12.7. The van der Waals surface area contributed by atoms with Gasteiger partial charge in [0.1, 0.15) is 9.77 Å². The molecule has 1 amide bonds. The van der Waals surface area contributed by atoms with Gasteiger partial charge in [0, 0.05) is 6.04 Å². The predicted molar refractivity (Wildman–Crippen MR) is 69.7 cm³/mol. The number of nitrogens with one attached hydrogen (secondary N) is 2. The van der Waals surface area contributed by atoms with Crippen molar-refractivity contribution >= 4 is 33.2 Å². The molecular formula is C10H14N2O5S2. The van der Waals surface area contributed by atoms with Gasteiger partial charge in [-0.3, -0.25) is 4.79 Å². The lowest BCUT2D eigenvalue weighted by Crippen LogP contribution is -2.39. The van der Waals surface area contributed by atoms with Crippen LogP contribution >= 0.6 is 11.3 Å². The summed E-state index contributed by atoms with van der Waals surface area (Å²) < 4.78 is 25.8. The van der Waals surface area contributed by atoms with E-state index in [0.717, 1.165) is 11.3 Å². The Labute approximate surface area is 114 Å². The average Bonchev–Trinajstić information content (AvgIpc) is 2.75. The first-order valence-corrected chi connectivity index (χ1v) is 7.70. The Morgan fingerprint density at radius 2 is 2.05 bits per heavy atom. The van der Waals surface area contributed by atoms with Crippen LogP contribution in [-0.2, 0) is 14.8 Å². The number of hydrogen-bond donors (Lipinski definition) is 3. The number of carbonyl (C=O) groups is 2. The summed E-state index contributed by atoms with van der Waals surface area (Å²) in [6.07, 6.45) is 0. The second-order valence-electron chi connectivity index (χ2n) is 3.97. The Morgan fingerprint density at radius 3 is 2.58 bits per heavy atom. The molecule has 106 valence electrons. The summed E-state index contributed by atoms with van der Waals surface area (Å²) in [7, 11) is -4.00. The molecule has 0 unspecified atom stereocenters. The highest BCUT2D eigenvalue weighted by molar-refractivity contribution is 7.89. The van der Waals surface area contributed by atoms with Gasteiger partial charge in [-0.25, -0.2) is 17.9 Å². The minimum absolute atomic E-state index is 0.104. The van der Waals surface area contributed by atoms with Gasteiger partial charge in [-0.05, 0) is 25.3 Å². The number of thiophene rings is 1. The van der Waals surface area contributed by atoms with Gasteiger partial charge in [-0.1, -0.05) is 0 Å². The van der Waals surface area contributed by atoms with Gasteiger partial charge in [-0.2, -0.15) is 0 Å². The highest BCUT2D eigenvalue weighted by atomic mass is 32.2. The van der Waals surface area contributed by atoms with Crippen molar-refractivity contribution in [3.8, 4) is 0 Å². The quantitative estimate of drug-likeness (QED) is 0.697. The van der Waals surface area contributed by atoms with Gasteiger partial charge in [0.25, 0.3) is 0 Å². The SMILES string of the molecule is CC(C)NC(=O)CNS(=O)(=O)c1ccsc1C(=O)O. The molecular weight excluding hydrogens is 292 g/mol. The van der Waals surface area contributed by atoms with Crippen LogP contribution in [0.15, 0.2) is 16.3 Å². The Balaban J connectivity index is 2.79. The number of carbonyl (C=O) groups excluding carboxylic acids is 1. The van der Waals surface area contributed by atoms with Crippen LogP contribution in [0.4, 0.5) is 0 Å². The largest absolute Gasteiger partial charge is 0.477 e. The van der Waals surface area contributed by atoms with E-state index in [9.17, 15) is 18.0 Å². The molecule has 0 aliphatic heterocycles. The van der Waals surface area contributed by atoms with E-state index in [1.807, 2.05) is 0 Å². The molecule has 1 rings (SSSR count). The number of rotatable bonds is 6. The molecule has 0 bridgehead atoms. The predicted octanol–water partition coefficient (Wildman–Crippen LogP) is 0.249. The number of amides is 1. The summed E-state index contributed by atoms with van der Waals surface area (Å²) in [6.45, 7) is 3.05. The molecule has 1 aromatic rings. The first-order chi connectivity index (χ1) is 8.74. The molecule has 0 saturated heterocycles. The summed E-state index contributed by atoms with van der Waals surface area (Å²) in [5.74, 6) is -1.80. The fourth-order valence-electron chi connectivity index (χ4n) is 1.28. The van der Waals surface area contributed by atoms with Crippen molar-refractivity contribution in [1.82, 2.24) is 10.0 Å². The van der Waals surface area contributed by atoms with Gasteiger partial charge in [-0.15, -0.1) is 11.3 Å². The number of aromatic carboxylic acids is 1. The molecule has 7 nitrogen and oxygen atoms in total. The third-order valence-corrected chi connectivity index (χ3v) is 4.46. The number of carboxylic acid groups (broad SMARTS) is 1. The Morgan fingerprint density at radius 1 is 1.42 bits per heavy atom. The van der Waals surface area contributed by atoms with E-state index < -0.39 is 28.4 Å². The van der Waals surface area contributed by atoms with Crippen molar-refractivity contribution in [2.75, 3.05) is 6.54 Å². The van der Waals surface area contributed by atoms with Gasteiger partial charge in [0.2, 0.25) is 15.9 Å². The highest BCUT2D eigenvalue weighted by Crippen LogP contribution is 2.21. The number of carboxylic acids is 1. The zero-order valence-corrected chi connectivity index (χ0v) is 12.0. The maximum Gasteiger partial charge on any atom is 0.347 e. The van der Waals surface area contributed by atoms with Crippen molar-refractivity contribution in [1.29, 1.82) is 0 Å². The molecule has 19 heavy (non-hydrogen) atoms.